The third kappa shape index (κ3) is 4.29. The molecule has 0 spiro atoms. The van der Waals surface area contributed by atoms with Crippen molar-refractivity contribution in [1.29, 1.82) is 0 Å². The van der Waals surface area contributed by atoms with E-state index < -0.39 is 0 Å². The number of rotatable bonds is 6. The van der Waals surface area contributed by atoms with Gasteiger partial charge in [-0.05, 0) is 50.6 Å². The van der Waals surface area contributed by atoms with E-state index >= 15 is 0 Å². The quantitative estimate of drug-likeness (QED) is 0.687. The van der Waals surface area contributed by atoms with Crippen molar-refractivity contribution >= 4 is 17.2 Å². The first kappa shape index (κ1) is 18.8. The van der Waals surface area contributed by atoms with Crippen LogP contribution in [0.4, 0.5) is 0 Å². The molecule has 1 aliphatic rings. The van der Waals surface area contributed by atoms with E-state index in [1.165, 1.54) is 24.2 Å². The summed E-state index contributed by atoms with van der Waals surface area (Å²) in [4.78, 5) is 25.1. The van der Waals surface area contributed by atoms with Gasteiger partial charge in [0.2, 0.25) is 0 Å². The van der Waals surface area contributed by atoms with Crippen LogP contribution in [0.3, 0.4) is 0 Å². The molecule has 1 atom stereocenters. The van der Waals surface area contributed by atoms with Gasteiger partial charge in [-0.15, -0.1) is 11.3 Å². The van der Waals surface area contributed by atoms with E-state index in [9.17, 15) is 4.79 Å². The molecule has 0 radical (unpaired) electrons. The average Bonchev–Trinajstić information content (AvgIpc) is 3.38. The van der Waals surface area contributed by atoms with Gasteiger partial charge in [0.1, 0.15) is 9.88 Å². The number of carbonyl (C=O) groups is 1. The molecule has 28 heavy (non-hydrogen) atoms. The molecule has 144 valence electrons. The molecule has 4 rings (SSSR count). The van der Waals surface area contributed by atoms with Crippen molar-refractivity contribution in [2.45, 2.75) is 25.8 Å². The monoisotopic (exact) mass is 392 g/mol. The predicted octanol–water partition coefficient (Wildman–Crippen LogP) is 4.08. The summed E-state index contributed by atoms with van der Waals surface area (Å²) in [5, 5.41) is 4.03. The number of aryl methyl sites for hydroxylation is 1. The van der Waals surface area contributed by atoms with Crippen LogP contribution >= 0.6 is 11.3 Å². The molecule has 1 unspecified atom stereocenters. The maximum absolute atomic E-state index is 13.1. The first-order chi connectivity index (χ1) is 13.7. The predicted molar refractivity (Wildman–Crippen MR) is 112 cm³/mol. The van der Waals surface area contributed by atoms with Crippen LogP contribution < -0.4 is 5.32 Å². The zero-order chi connectivity index (χ0) is 19.3. The van der Waals surface area contributed by atoms with E-state index in [-0.39, 0.29) is 11.9 Å². The van der Waals surface area contributed by atoms with Gasteiger partial charge in [0.05, 0.1) is 17.4 Å². The number of benzene rings is 1. The summed E-state index contributed by atoms with van der Waals surface area (Å²) in [7, 11) is 0. The summed E-state index contributed by atoms with van der Waals surface area (Å²) in [6.45, 7) is 4.92. The number of hydrogen-bond donors (Lipinski definition) is 1. The molecule has 1 amide bonds. The van der Waals surface area contributed by atoms with Gasteiger partial charge < -0.3 is 10.2 Å². The van der Waals surface area contributed by atoms with E-state index in [1.54, 1.807) is 6.20 Å². The molecule has 3 aromatic rings. The number of likely N-dealkylation sites (tertiary alicyclic amines) is 1. The summed E-state index contributed by atoms with van der Waals surface area (Å²) in [6.07, 6.45) is 4.21. The first-order valence-electron chi connectivity index (χ1n) is 9.68. The number of nitrogens with one attached hydrogen (secondary N) is 1. The molecule has 0 bridgehead atoms. The van der Waals surface area contributed by atoms with Crippen LogP contribution in [-0.4, -0.2) is 40.4 Å². The van der Waals surface area contributed by atoms with Crippen molar-refractivity contribution < 1.29 is 4.79 Å². The normalized spacial score (nSPS) is 15.5. The maximum atomic E-state index is 13.1. The summed E-state index contributed by atoms with van der Waals surface area (Å²) >= 11 is 1.40. The number of hydrogen-bond acceptors (Lipinski definition) is 5. The Balaban J connectivity index is 1.55. The number of thiazole rings is 1. The van der Waals surface area contributed by atoms with Crippen LogP contribution in [0.2, 0.25) is 0 Å². The lowest BCUT2D eigenvalue weighted by Crippen LogP contribution is -2.37. The smallest absolute Gasteiger partial charge is 0.263 e. The molecule has 3 heterocycles. The lowest BCUT2D eigenvalue weighted by molar-refractivity contribution is 0.0930. The standard InChI is InChI=1S/C22H24N4OS/c1-16-20(28-22(24-16)18-11-5-6-12-23-18)21(27)25-19(15-26-13-7-8-14-26)17-9-3-2-4-10-17/h2-6,9-12,19H,7-8,13-15H2,1H3,(H,25,27). The van der Waals surface area contributed by atoms with Gasteiger partial charge in [0, 0.05) is 12.7 Å². The average molecular weight is 393 g/mol. The maximum Gasteiger partial charge on any atom is 0.263 e. The van der Waals surface area contributed by atoms with E-state index in [4.69, 9.17) is 0 Å². The van der Waals surface area contributed by atoms with Gasteiger partial charge in [0.15, 0.2) is 0 Å². The highest BCUT2D eigenvalue weighted by Crippen LogP contribution is 2.27. The fourth-order valence-corrected chi connectivity index (χ4v) is 4.52. The Labute approximate surface area is 169 Å². The number of nitrogens with zero attached hydrogens (tertiary/aromatic N) is 3. The number of carbonyl (C=O) groups excluding carboxylic acids is 1. The first-order valence-corrected chi connectivity index (χ1v) is 10.5. The van der Waals surface area contributed by atoms with Crippen LogP contribution in [0.5, 0.6) is 0 Å². The van der Waals surface area contributed by atoms with Gasteiger partial charge in [0.25, 0.3) is 5.91 Å². The molecule has 1 N–H and O–H groups in total. The molecule has 0 aliphatic carbocycles. The van der Waals surface area contributed by atoms with Crippen LogP contribution in [0.25, 0.3) is 10.7 Å². The fourth-order valence-electron chi connectivity index (χ4n) is 3.57. The van der Waals surface area contributed by atoms with Crippen molar-refractivity contribution in [3.05, 3.63) is 70.9 Å². The minimum atomic E-state index is -0.0646. The Morgan fingerprint density at radius 2 is 1.89 bits per heavy atom. The van der Waals surface area contributed by atoms with Crippen LogP contribution in [-0.2, 0) is 0 Å². The number of aromatic nitrogens is 2. The fraction of sp³-hybridized carbons (Fsp3) is 0.318. The van der Waals surface area contributed by atoms with Gasteiger partial charge in [-0.3, -0.25) is 9.78 Å². The topological polar surface area (TPSA) is 58.1 Å². The second kappa shape index (κ2) is 8.63. The van der Waals surface area contributed by atoms with Crippen LogP contribution in [0.15, 0.2) is 54.7 Å². The molecule has 5 nitrogen and oxygen atoms in total. The SMILES string of the molecule is Cc1nc(-c2ccccn2)sc1C(=O)NC(CN1CCCC1)c1ccccc1. The molecule has 1 aromatic carbocycles. The largest absolute Gasteiger partial charge is 0.343 e. The Kier molecular flexibility index (Phi) is 5.78. The van der Waals surface area contributed by atoms with Gasteiger partial charge in [-0.1, -0.05) is 36.4 Å². The third-order valence-corrected chi connectivity index (χ3v) is 6.21. The molecule has 6 heteroatoms. The van der Waals surface area contributed by atoms with Crippen molar-refractivity contribution in [3.63, 3.8) is 0 Å². The highest BCUT2D eigenvalue weighted by molar-refractivity contribution is 7.17. The molecular formula is C22H24N4OS. The summed E-state index contributed by atoms with van der Waals surface area (Å²) < 4.78 is 0. The van der Waals surface area contributed by atoms with Crippen LogP contribution in [0.1, 0.15) is 39.8 Å². The Morgan fingerprint density at radius 1 is 1.14 bits per heavy atom. The molecular weight excluding hydrogens is 368 g/mol. The summed E-state index contributed by atoms with van der Waals surface area (Å²) in [6, 6.07) is 15.9. The van der Waals surface area contributed by atoms with E-state index in [0.717, 1.165) is 41.6 Å². The van der Waals surface area contributed by atoms with Gasteiger partial charge >= 0.3 is 0 Å². The molecule has 1 fully saturated rings. The van der Waals surface area contributed by atoms with Crippen molar-refractivity contribution in [2.75, 3.05) is 19.6 Å². The third-order valence-electron chi connectivity index (χ3n) is 5.03. The zero-order valence-corrected chi connectivity index (χ0v) is 16.8. The van der Waals surface area contributed by atoms with E-state index in [0.29, 0.717) is 4.88 Å². The van der Waals surface area contributed by atoms with Gasteiger partial charge in [-0.2, -0.15) is 0 Å². The minimum Gasteiger partial charge on any atom is -0.343 e. The van der Waals surface area contributed by atoms with E-state index in [1.807, 2.05) is 43.3 Å². The summed E-state index contributed by atoms with van der Waals surface area (Å²) in [5.41, 5.74) is 2.68. The lowest BCUT2D eigenvalue weighted by atomic mass is 10.1. The van der Waals surface area contributed by atoms with Crippen molar-refractivity contribution in [3.8, 4) is 10.7 Å². The summed E-state index contributed by atoms with van der Waals surface area (Å²) in [5.74, 6) is -0.0646. The number of amides is 1. The second-order valence-corrected chi connectivity index (χ2v) is 8.09. The number of pyridine rings is 1. The minimum absolute atomic E-state index is 0.0356. The second-order valence-electron chi connectivity index (χ2n) is 7.09. The highest BCUT2D eigenvalue weighted by atomic mass is 32.1. The Morgan fingerprint density at radius 3 is 2.61 bits per heavy atom. The molecule has 0 saturated carbocycles. The zero-order valence-electron chi connectivity index (χ0n) is 16.0. The molecule has 1 aliphatic heterocycles. The molecule has 2 aromatic heterocycles. The van der Waals surface area contributed by atoms with Crippen LogP contribution in [0, 0.1) is 6.92 Å². The van der Waals surface area contributed by atoms with Crippen molar-refractivity contribution in [1.82, 2.24) is 20.2 Å². The van der Waals surface area contributed by atoms with Gasteiger partial charge in [-0.25, -0.2) is 4.98 Å². The van der Waals surface area contributed by atoms with Crippen molar-refractivity contribution in [2.24, 2.45) is 0 Å². The van der Waals surface area contributed by atoms with E-state index in [2.05, 4.69) is 32.3 Å². The Hall–Kier alpha value is -2.57. The Bertz CT molecular complexity index is 920. The lowest BCUT2D eigenvalue weighted by Gasteiger charge is -2.24. The highest BCUT2D eigenvalue weighted by Gasteiger charge is 2.23. The molecule has 1 saturated heterocycles.